The molecule has 1 aromatic heterocycles. The molecule has 5 nitrogen and oxygen atoms in total. The lowest BCUT2D eigenvalue weighted by molar-refractivity contribution is 0.573. The largest absolute Gasteiger partial charge is 0.375 e. The number of hydrogen-bond acceptors (Lipinski definition) is 4. The minimum atomic E-state index is -0.229. The van der Waals surface area contributed by atoms with Gasteiger partial charge in [0.2, 0.25) is 0 Å². The van der Waals surface area contributed by atoms with E-state index in [-0.39, 0.29) is 11.1 Å². The van der Waals surface area contributed by atoms with Crippen molar-refractivity contribution in [2.45, 2.75) is 45.7 Å². The van der Waals surface area contributed by atoms with Crippen molar-refractivity contribution in [3.63, 3.8) is 0 Å². The fourth-order valence-electron chi connectivity index (χ4n) is 2.83. The third-order valence-corrected chi connectivity index (χ3v) is 3.73. The van der Waals surface area contributed by atoms with E-state index in [0.717, 1.165) is 22.8 Å². The van der Waals surface area contributed by atoms with Crippen molar-refractivity contribution in [1.82, 2.24) is 9.78 Å². The van der Waals surface area contributed by atoms with E-state index in [4.69, 9.17) is 0 Å². The maximum absolute atomic E-state index is 9.45. The number of aromatic nitrogens is 2. The lowest BCUT2D eigenvalue weighted by atomic mass is 9.91. The number of nitriles is 1. The van der Waals surface area contributed by atoms with Crippen molar-refractivity contribution in [2.75, 3.05) is 10.6 Å². The molecule has 3 rings (SSSR count). The lowest BCUT2D eigenvalue weighted by Gasteiger charge is -2.35. The van der Waals surface area contributed by atoms with Gasteiger partial charge in [0.25, 0.3) is 0 Å². The second-order valence-corrected chi connectivity index (χ2v) is 7.24. The number of anilines is 2. The normalized spacial score (nSPS) is 15.3. The topological polar surface area (TPSA) is 65.7 Å². The first kappa shape index (κ1) is 14.5. The van der Waals surface area contributed by atoms with Crippen LogP contribution in [-0.2, 0) is 5.54 Å². The maximum atomic E-state index is 9.45. The second kappa shape index (κ2) is 4.51. The number of para-hydroxylation sites is 1. The highest BCUT2D eigenvalue weighted by Crippen LogP contribution is 2.41. The molecular weight excluding hydrogens is 274 g/mol. The van der Waals surface area contributed by atoms with Crippen LogP contribution in [0.2, 0.25) is 0 Å². The van der Waals surface area contributed by atoms with E-state index >= 15 is 0 Å². The zero-order valence-corrected chi connectivity index (χ0v) is 13.7. The molecule has 1 aliphatic rings. The van der Waals surface area contributed by atoms with Crippen molar-refractivity contribution in [1.29, 1.82) is 5.26 Å². The van der Waals surface area contributed by atoms with Gasteiger partial charge in [-0.25, -0.2) is 4.68 Å². The van der Waals surface area contributed by atoms with Crippen molar-refractivity contribution >= 4 is 11.5 Å². The summed E-state index contributed by atoms with van der Waals surface area (Å²) >= 11 is 0. The molecule has 0 unspecified atom stereocenters. The van der Waals surface area contributed by atoms with Crippen molar-refractivity contribution in [3.8, 4) is 11.8 Å². The molecule has 0 aliphatic carbocycles. The molecule has 0 amide bonds. The Labute approximate surface area is 131 Å². The van der Waals surface area contributed by atoms with Crippen LogP contribution in [-0.4, -0.2) is 15.3 Å². The summed E-state index contributed by atoms with van der Waals surface area (Å²) < 4.78 is 1.83. The van der Waals surface area contributed by atoms with Crippen LogP contribution < -0.4 is 10.6 Å². The molecule has 0 radical (unpaired) electrons. The molecule has 1 aliphatic heterocycles. The lowest BCUT2D eigenvalue weighted by Crippen LogP contribution is -2.35. The first-order chi connectivity index (χ1) is 10.2. The SMILES string of the molecule is CC(C)(C)Nc1c(C#N)nn2c1NC(C)(C)c1ccccc1-2. The second-order valence-electron chi connectivity index (χ2n) is 7.24. The molecule has 114 valence electrons. The van der Waals surface area contributed by atoms with E-state index in [1.807, 2.05) is 22.9 Å². The fraction of sp³-hybridized carbons (Fsp3) is 0.412. The van der Waals surface area contributed by atoms with Gasteiger partial charge in [0.15, 0.2) is 11.5 Å². The van der Waals surface area contributed by atoms with Gasteiger partial charge in [-0.05, 0) is 40.7 Å². The third-order valence-electron chi connectivity index (χ3n) is 3.73. The number of fused-ring (bicyclic) bond motifs is 3. The van der Waals surface area contributed by atoms with Gasteiger partial charge in [-0.3, -0.25) is 0 Å². The Morgan fingerprint density at radius 3 is 2.59 bits per heavy atom. The maximum Gasteiger partial charge on any atom is 0.188 e. The van der Waals surface area contributed by atoms with E-state index in [0.29, 0.717) is 5.69 Å². The molecular formula is C17H21N5. The molecule has 0 atom stereocenters. The Kier molecular flexibility index (Phi) is 2.96. The van der Waals surface area contributed by atoms with Gasteiger partial charge >= 0.3 is 0 Å². The molecule has 0 spiro atoms. The average Bonchev–Trinajstić information content (AvgIpc) is 2.75. The van der Waals surface area contributed by atoms with Crippen LogP contribution in [0.25, 0.3) is 5.69 Å². The highest BCUT2D eigenvalue weighted by Gasteiger charge is 2.34. The summed E-state index contributed by atoms with van der Waals surface area (Å²) in [6, 6.07) is 10.3. The van der Waals surface area contributed by atoms with Crippen LogP contribution in [0.15, 0.2) is 24.3 Å². The standard InChI is InChI=1S/C17H21N5/c1-16(2,3)19-14-12(10-18)21-22-13-9-7-6-8-11(13)17(4,5)20-15(14)22/h6-9,19-20H,1-5H3. The van der Waals surface area contributed by atoms with Crippen LogP contribution in [0.5, 0.6) is 0 Å². The third kappa shape index (κ3) is 2.21. The summed E-state index contributed by atoms with van der Waals surface area (Å²) in [5, 5.41) is 20.9. The number of benzene rings is 1. The van der Waals surface area contributed by atoms with Gasteiger partial charge in [-0.15, -0.1) is 0 Å². The van der Waals surface area contributed by atoms with Crippen LogP contribution in [0.1, 0.15) is 45.9 Å². The molecule has 5 heteroatoms. The van der Waals surface area contributed by atoms with Gasteiger partial charge in [-0.1, -0.05) is 18.2 Å². The van der Waals surface area contributed by atoms with Gasteiger partial charge in [0.05, 0.1) is 11.2 Å². The molecule has 0 saturated heterocycles. The van der Waals surface area contributed by atoms with E-state index < -0.39 is 0 Å². The Morgan fingerprint density at radius 2 is 1.95 bits per heavy atom. The zero-order valence-electron chi connectivity index (χ0n) is 13.7. The molecule has 0 fully saturated rings. The minimum absolute atomic E-state index is 0.154. The Hall–Kier alpha value is -2.48. The summed E-state index contributed by atoms with van der Waals surface area (Å²) in [6.45, 7) is 10.5. The number of hydrogen-bond donors (Lipinski definition) is 2. The monoisotopic (exact) mass is 295 g/mol. The first-order valence-electron chi connectivity index (χ1n) is 7.42. The Morgan fingerprint density at radius 1 is 1.27 bits per heavy atom. The first-order valence-corrected chi connectivity index (χ1v) is 7.42. The van der Waals surface area contributed by atoms with Crippen molar-refractivity contribution in [3.05, 3.63) is 35.5 Å². The zero-order chi connectivity index (χ0) is 16.1. The van der Waals surface area contributed by atoms with Crippen molar-refractivity contribution in [2.24, 2.45) is 0 Å². The summed E-state index contributed by atoms with van der Waals surface area (Å²) in [5.74, 6) is 0.843. The molecule has 0 saturated carbocycles. The predicted octanol–water partition coefficient (Wildman–Crippen LogP) is 3.61. The summed E-state index contributed by atoms with van der Waals surface area (Å²) in [4.78, 5) is 0. The number of nitrogens with zero attached hydrogens (tertiary/aromatic N) is 3. The van der Waals surface area contributed by atoms with Gasteiger partial charge in [0.1, 0.15) is 11.8 Å². The number of rotatable bonds is 1. The van der Waals surface area contributed by atoms with Gasteiger partial charge in [-0.2, -0.15) is 10.4 Å². The van der Waals surface area contributed by atoms with Gasteiger partial charge in [0, 0.05) is 11.1 Å². The highest BCUT2D eigenvalue weighted by molar-refractivity contribution is 5.77. The van der Waals surface area contributed by atoms with Crippen LogP contribution >= 0.6 is 0 Å². The smallest absolute Gasteiger partial charge is 0.188 e. The van der Waals surface area contributed by atoms with Crippen molar-refractivity contribution < 1.29 is 0 Å². The Balaban J connectivity index is 2.25. The summed E-state index contributed by atoms with van der Waals surface area (Å²) in [6.07, 6.45) is 0. The van der Waals surface area contributed by atoms with Crippen LogP contribution in [0.4, 0.5) is 11.5 Å². The highest BCUT2D eigenvalue weighted by atomic mass is 15.4. The van der Waals surface area contributed by atoms with E-state index in [9.17, 15) is 5.26 Å². The predicted molar refractivity (Wildman–Crippen MR) is 88.3 cm³/mol. The average molecular weight is 295 g/mol. The van der Waals surface area contributed by atoms with Crippen LogP contribution in [0.3, 0.4) is 0 Å². The molecule has 1 aromatic carbocycles. The minimum Gasteiger partial charge on any atom is -0.375 e. The van der Waals surface area contributed by atoms with Crippen LogP contribution in [0, 0.1) is 11.3 Å². The molecule has 22 heavy (non-hydrogen) atoms. The van der Waals surface area contributed by atoms with E-state index in [2.05, 4.69) is 62.5 Å². The summed E-state index contributed by atoms with van der Waals surface area (Å²) in [5.41, 5.74) is 2.96. The molecule has 2 N–H and O–H groups in total. The Bertz CT molecular complexity index is 771. The molecule has 2 heterocycles. The molecule has 2 aromatic rings. The fourth-order valence-corrected chi connectivity index (χ4v) is 2.83. The van der Waals surface area contributed by atoms with E-state index in [1.165, 1.54) is 0 Å². The van der Waals surface area contributed by atoms with E-state index in [1.54, 1.807) is 0 Å². The summed E-state index contributed by atoms with van der Waals surface area (Å²) in [7, 11) is 0. The van der Waals surface area contributed by atoms with Gasteiger partial charge < -0.3 is 10.6 Å². The number of nitrogens with one attached hydrogen (secondary N) is 2. The molecule has 0 bridgehead atoms. The quantitative estimate of drug-likeness (QED) is 0.843.